The fourth-order valence-electron chi connectivity index (χ4n) is 16.2. The number of nitrogens with one attached hydrogen (secondary N) is 4. The first-order valence-electron chi connectivity index (χ1n) is 51.8. The highest BCUT2D eigenvalue weighted by Crippen LogP contribution is 2.45. The molecule has 126 heavy (non-hydrogen) atoms. The Morgan fingerprint density at radius 3 is 0.579 bits per heavy atom. The maximum atomic E-state index is 14.2. The third kappa shape index (κ3) is 48.7. The van der Waals surface area contributed by atoms with Gasteiger partial charge in [-0.1, -0.05) is 388 Å². The van der Waals surface area contributed by atoms with Crippen LogP contribution in [0.4, 0.5) is 0 Å². The standard InChI is InChI=1S/C108H174N4O10S4/c1-7-13-19-25-31-37-43-49-55-61-79-117-91-85-89(86-92(118-80-62-56-50-44-38-32-26-20-14-8-2)103(91)121-83-65-59-53-47-41-35-29-23-17-11-5)105(113)109-75-77-111-107(115)101-73-71-99(125-101)97-69-67-95(123-97)96-68-70-98(124-96)100-72-74-102(126-100)108(116)112-78-76-110-106(114)90-87-93(119-81-63-57-51-45-39-33-27-21-15-9-3)104(122-84-66-60-54-48-42-36-30-24-18-12-6)94(88-90)120-82-64-58-52-46-40-34-28-22-16-10-4/h67-74,85-88H,7-66,75-84H2,1-6H3,(H,109,113)(H,110,114)(H,111,115)(H,112,116). The molecule has 0 saturated heterocycles. The lowest BCUT2D eigenvalue weighted by Gasteiger charge is -2.19. The van der Waals surface area contributed by atoms with Gasteiger partial charge in [0.15, 0.2) is 23.0 Å². The Labute approximate surface area is 782 Å². The van der Waals surface area contributed by atoms with Crippen molar-refractivity contribution in [2.75, 3.05) is 65.8 Å². The molecule has 0 fully saturated rings. The van der Waals surface area contributed by atoms with Crippen LogP contribution >= 0.6 is 45.3 Å². The molecule has 4 heterocycles. The second-order valence-corrected chi connectivity index (χ2v) is 39.8. The quantitative estimate of drug-likeness (QED) is 0.0269. The zero-order chi connectivity index (χ0) is 89.4. The minimum Gasteiger partial charge on any atom is -0.490 e. The van der Waals surface area contributed by atoms with Crippen LogP contribution in [0.3, 0.4) is 0 Å². The van der Waals surface area contributed by atoms with Gasteiger partial charge in [-0.15, -0.1) is 45.3 Å². The van der Waals surface area contributed by atoms with Gasteiger partial charge in [0.05, 0.1) is 49.4 Å². The van der Waals surface area contributed by atoms with Crippen molar-refractivity contribution in [3.8, 4) is 63.8 Å². The van der Waals surface area contributed by atoms with Crippen molar-refractivity contribution >= 4 is 69.0 Å². The first-order valence-corrected chi connectivity index (χ1v) is 55.0. The highest BCUT2D eigenvalue weighted by Gasteiger charge is 2.24. The van der Waals surface area contributed by atoms with E-state index in [9.17, 15) is 19.2 Å². The van der Waals surface area contributed by atoms with Crippen LogP contribution in [-0.4, -0.2) is 89.4 Å². The third-order valence-corrected chi connectivity index (χ3v) is 29.0. The summed E-state index contributed by atoms with van der Waals surface area (Å²) in [7, 11) is 0. The average molecular weight is 1820 g/mol. The Kier molecular flexibility index (Phi) is 63.5. The van der Waals surface area contributed by atoms with Gasteiger partial charge in [0.2, 0.25) is 11.5 Å². The second-order valence-electron chi connectivity index (χ2n) is 35.5. The molecule has 0 atom stereocenters. The van der Waals surface area contributed by atoms with E-state index in [1.54, 1.807) is 22.7 Å². The van der Waals surface area contributed by atoms with Gasteiger partial charge in [-0.25, -0.2) is 0 Å². The van der Waals surface area contributed by atoms with E-state index < -0.39 is 0 Å². The largest absolute Gasteiger partial charge is 0.490 e. The maximum Gasteiger partial charge on any atom is 0.261 e. The van der Waals surface area contributed by atoms with E-state index in [-0.39, 0.29) is 49.8 Å². The summed E-state index contributed by atoms with van der Waals surface area (Å²) in [4.78, 5) is 63.4. The van der Waals surface area contributed by atoms with Crippen molar-refractivity contribution < 1.29 is 47.6 Å². The summed E-state index contributed by atoms with van der Waals surface area (Å²) in [5.74, 6) is 2.51. The summed E-state index contributed by atoms with van der Waals surface area (Å²) in [6.45, 7) is 17.9. The van der Waals surface area contributed by atoms with Gasteiger partial charge in [-0.05, 0) is 111 Å². The van der Waals surface area contributed by atoms with Crippen LogP contribution < -0.4 is 49.7 Å². The molecule has 14 nitrogen and oxygen atoms in total. The van der Waals surface area contributed by atoms with Crippen LogP contribution in [-0.2, 0) is 0 Å². The van der Waals surface area contributed by atoms with Crippen LogP contribution in [0.25, 0.3) is 29.3 Å². The van der Waals surface area contributed by atoms with Gasteiger partial charge >= 0.3 is 0 Å². The molecule has 4 amide bonds. The van der Waals surface area contributed by atoms with Crippen molar-refractivity contribution in [3.05, 3.63) is 93.7 Å². The molecule has 6 aromatic rings. The molecule has 2 aromatic carbocycles. The summed E-state index contributed by atoms with van der Waals surface area (Å²) in [5.41, 5.74) is 0.889. The molecule has 710 valence electrons. The Bertz CT molecular complexity index is 3380. The number of rotatable bonds is 85. The zero-order valence-electron chi connectivity index (χ0n) is 80.1. The van der Waals surface area contributed by atoms with Crippen molar-refractivity contribution in [1.82, 2.24) is 21.3 Å². The third-order valence-electron chi connectivity index (χ3n) is 24.1. The van der Waals surface area contributed by atoms with Crippen LogP contribution in [0, 0.1) is 0 Å². The second kappa shape index (κ2) is 73.6. The fraction of sp³-hybridized carbons (Fsp3) is 0.704. The number of thiophene rings is 4. The minimum atomic E-state index is -0.261. The summed E-state index contributed by atoms with van der Waals surface area (Å²) in [5, 5.41) is 12.3. The summed E-state index contributed by atoms with van der Waals surface area (Å²) < 4.78 is 39.7. The predicted molar refractivity (Wildman–Crippen MR) is 541 cm³/mol. The van der Waals surface area contributed by atoms with Gasteiger partial charge < -0.3 is 49.7 Å². The van der Waals surface area contributed by atoms with Crippen molar-refractivity contribution in [2.24, 2.45) is 0 Å². The van der Waals surface area contributed by atoms with E-state index in [0.717, 1.165) is 106 Å². The molecule has 0 aliphatic heterocycles. The number of unbranched alkanes of at least 4 members (excludes halogenated alkanes) is 54. The lowest BCUT2D eigenvalue weighted by Crippen LogP contribution is -2.34. The lowest BCUT2D eigenvalue weighted by molar-refractivity contribution is 0.0929. The molecule has 0 radical (unpaired) electrons. The molecule has 0 unspecified atom stereocenters. The zero-order valence-corrected chi connectivity index (χ0v) is 83.4. The van der Waals surface area contributed by atoms with Gasteiger partial charge in [0, 0.05) is 66.6 Å². The maximum absolute atomic E-state index is 14.2. The van der Waals surface area contributed by atoms with Crippen LogP contribution in [0.5, 0.6) is 34.5 Å². The average Bonchev–Trinajstić information content (AvgIpc) is 1.35. The van der Waals surface area contributed by atoms with Crippen LogP contribution in [0.15, 0.2) is 72.8 Å². The number of carbonyl (C=O) groups excluding carboxylic acids is 4. The van der Waals surface area contributed by atoms with Gasteiger partial charge in [0.1, 0.15) is 0 Å². The number of benzene rings is 2. The van der Waals surface area contributed by atoms with Gasteiger partial charge in [-0.2, -0.15) is 0 Å². The monoisotopic (exact) mass is 1820 g/mol. The van der Waals surface area contributed by atoms with E-state index in [4.69, 9.17) is 28.4 Å². The van der Waals surface area contributed by atoms with E-state index in [1.807, 2.05) is 48.5 Å². The number of carbonyl (C=O) groups is 4. The molecular weight excluding hydrogens is 1640 g/mol. The first kappa shape index (κ1) is 109. The topological polar surface area (TPSA) is 172 Å². The molecular formula is C108H174N4O10S4. The van der Waals surface area contributed by atoms with Crippen molar-refractivity contribution in [3.63, 3.8) is 0 Å². The Hall–Kier alpha value is -6.08. The number of hydrogen-bond acceptors (Lipinski definition) is 14. The fourth-order valence-corrected chi connectivity index (χ4v) is 20.3. The number of hydrogen-bond donors (Lipinski definition) is 4. The van der Waals surface area contributed by atoms with Gasteiger partial charge in [0.25, 0.3) is 23.6 Å². The van der Waals surface area contributed by atoms with E-state index in [1.165, 1.54) is 331 Å². The minimum absolute atomic E-state index is 0.189. The molecule has 0 aliphatic rings. The highest BCUT2D eigenvalue weighted by atomic mass is 32.1. The van der Waals surface area contributed by atoms with Crippen molar-refractivity contribution in [2.45, 2.75) is 427 Å². The normalized spacial score (nSPS) is 11.4. The highest BCUT2D eigenvalue weighted by molar-refractivity contribution is 7.29. The molecule has 0 bridgehead atoms. The van der Waals surface area contributed by atoms with E-state index in [0.29, 0.717) is 95.0 Å². The first-order chi connectivity index (χ1) is 62.1. The Morgan fingerprint density at radius 1 is 0.206 bits per heavy atom. The van der Waals surface area contributed by atoms with Crippen molar-refractivity contribution in [1.29, 1.82) is 0 Å². The smallest absolute Gasteiger partial charge is 0.261 e. The molecule has 0 aliphatic carbocycles. The molecule has 4 N–H and O–H groups in total. The molecule has 6 rings (SSSR count). The molecule has 0 saturated carbocycles. The summed E-state index contributed by atoms with van der Waals surface area (Å²) >= 11 is 6.27. The van der Waals surface area contributed by atoms with E-state index >= 15 is 0 Å². The van der Waals surface area contributed by atoms with Crippen LogP contribution in [0.1, 0.15) is 467 Å². The van der Waals surface area contributed by atoms with Gasteiger partial charge in [-0.3, -0.25) is 19.2 Å². The summed E-state index contributed by atoms with van der Waals surface area (Å²) in [6, 6.07) is 23.5. The predicted octanol–water partition coefficient (Wildman–Crippen LogP) is 33.1. The lowest BCUT2D eigenvalue weighted by atomic mass is 10.1. The Morgan fingerprint density at radius 2 is 0.373 bits per heavy atom. The Balaban J connectivity index is 1.02. The number of amides is 4. The number of ether oxygens (including phenoxy) is 6. The molecule has 18 heteroatoms. The van der Waals surface area contributed by atoms with Crippen LogP contribution in [0.2, 0.25) is 0 Å². The SMILES string of the molecule is CCCCCCCCCCCCOc1cc(C(=O)NCCNC(=O)c2ccc(-c3ccc(-c4ccc(-c5ccc(C(=O)NCCNC(=O)c6cc(OCCCCCCCCCCCC)c(OCCCCCCCCCCCC)c(OCCCCCCCCCCCC)c6)s5)s4)s3)s2)cc(OCCCCCCCCCCCC)c1OCCCCCCCCCCCC. The molecule has 4 aromatic heterocycles. The molecule has 0 spiro atoms. The summed E-state index contributed by atoms with van der Waals surface area (Å²) in [6.07, 6.45) is 74.3. The van der Waals surface area contributed by atoms with E-state index in [2.05, 4.69) is 87.1 Å².